The molecule has 0 amide bonds. The van der Waals surface area contributed by atoms with Crippen LogP contribution in [0, 0.1) is 0 Å². The predicted molar refractivity (Wildman–Crippen MR) is 37.6 cm³/mol. The molecule has 0 aromatic carbocycles. The van der Waals surface area contributed by atoms with Crippen molar-refractivity contribution in [3.63, 3.8) is 0 Å². The largest absolute Gasteiger partial charge is 0.383 e. The quantitative estimate of drug-likeness (QED) is 0.543. The van der Waals surface area contributed by atoms with Crippen LogP contribution in [-0.4, -0.2) is 46.0 Å². The van der Waals surface area contributed by atoms with Gasteiger partial charge in [-0.3, -0.25) is 0 Å². The molecular formula is C6H15NO2. The van der Waals surface area contributed by atoms with Crippen LogP contribution in [0.25, 0.3) is 0 Å². The lowest BCUT2D eigenvalue weighted by Gasteiger charge is -2.06. The molecule has 0 atom stereocenters. The first kappa shape index (κ1) is 11.4. The van der Waals surface area contributed by atoms with E-state index in [-0.39, 0.29) is 0 Å². The van der Waals surface area contributed by atoms with Crippen molar-refractivity contribution >= 4 is 6.79 Å². The highest BCUT2D eigenvalue weighted by Gasteiger charge is 1.83. The van der Waals surface area contributed by atoms with Gasteiger partial charge in [0, 0.05) is 13.7 Å². The molecule has 0 unspecified atom stereocenters. The van der Waals surface area contributed by atoms with Crippen molar-refractivity contribution in [2.24, 2.45) is 0 Å². The van der Waals surface area contributed by atoms with E-state index in [4.69, 9.17) is 9.53 Å². The van der Waals surface area contributed by atoms with Crippen LogP contribution in [0.3, 0.4) is 0 Å². The summed E-state index contributed by atoms with van der Waals surface area (Å²) in [5.74, 6) is 0. The molecule has 0 bridgehead atoms. The Labute approximate surface area is 56.6 Å². The molecule has 0 radical (unpaired) electrons. The molecule has 0 heterocycles. The lowest BCUT2D eigenvalue weighted by atomic mass is 10.6. The highest BCUT2D eigenvalue weighted by molar-refractivity contribution is 5.10. The Kier molecular flexibility index (Phi) is 13.4. The first-order valence-corrected chi connectivity index (χ1v) is 2.70. The summed E-state index contributed by atoms with van der Waals surface area (Å²) in [7, 11) is 5.77. The van der Waals surface area contributed by atoms with Crippen LogP contribution in [0.2, 0.25) is 0 Å². The third-order valence-electron chi connectivity index (χ3n) is 0.743. The van der Waals surface area contributed by atoms with Gasteiger partial charge in [-0.2, -0.15) is 0 Å². The number of rotatable bonds is 3. The predicted octanol–water partition coefficient (Wildman–Crippen LogP) is 0.00950. The minimum atomic E-state index is 0.826. The number of carbonyl (C=O) groups is 1. The van der Waals surface area contributed by atoms with Gasteiger partial charge in [0.05, 0.1) is 6.61 Å². The number of likely N-dealkylation sites (N-methyl/N-ethyl adjacent to an activating group) is 1. The van der Waals surface area contributed by atoms with Crippen LogP contribution in [0.5, 0.6) is 0 Å². The average Bonchev–Trinajstić information content (AvgIpc) is 1.88. The van der Waals surface area contributed by atoms with E-state index in [0.29, 0.717) is 0 Å². The molecule has 0 aromatic heterocycles. The van der Waals surface area contributed by atoms with E-state index in [1.165, 1.54) is 0 Å². The van der Waals surface area contributed by atoms with Crippen molar-refractivity contribution in [1.29, 1.82) is 0 Å². The Bertz CT molecular complexity index is 48.3. The fraction of sp³-hybridized carbons (Fsp3) is 0.833. The van der Waals surface area contributed by atoms with Gasteiger partial charge >= 0.3 is 0 Å². The lowest BCUT2D eigenvalue weighted by molar-refractivity contribution is -0.0979. The van der Waals surface area contributed by atoms with Gasteiger partial charge in [-0.15, -0.1) is 0 Å². The Morgan fingerprint density at radius 1 is 1.44 bits per heavy atom. The molecule has 0 saturated carbocycles. The number of hydrogen-bond donors (Lipinski definition) is 0. The van der Waals surface area contributed by atoms with Crippen LogP contribution < -0.4 is 0 Å². The van der Waals surface area contributed by atoms with Gasteiger partial charge in [0.15, 0.2) is 0 Å². The fourth-order valence-corrected chi connectivity index (χ4v) is 0.274. The summed E-state index contributed by atoms with van der Waals surface area (Å²) in [5.41, 5.74) is 0. The zero-order valence-corrected chi connectivity index (χ0v) is 6.39. The third-order valence-corrected chi connectivity index (χ3v) is 0.743. The SMILES string of the molecule is C=O.COCCN(C)C. The number of ether oxygens (including phenoxy) is 1. The van der Waals surface area contributed by atoms with Gasteiger partial charge < -0.3 is 14.4 Å². The molecule has 0 N–H and O–H groups in total. The molecule has 0 saturated heterocycles. The summed E-state index contributed by atoms with van der Waals surface area (Å²) in [6.07, 6.45) is 0. The van der Waals surface area contributed by atoms with Crippen LogP contribution >= 0.6 is 0 Å². The Morgan fingerprint density at radius 2 is 1.89 bits per heavy atom. The summed E-state index contributed by atoms with van der Waals surface area (Å²) < 4.78 is 4.81. The van der Waals surface area contributed by atoms with Crippen molar-refractivity contribution < 1.29 is 9.53 Å². The summed E-state index contributed by atoms with van der Waals surface area (Å²) in [5, 5.41) is 0. The maximum Gasteiger partial charge on any atom is 0.106 e. The highest BCUT2D eigenvalue weighted by atomic mass is 16.5. The molecule has 0 aliphatic heterocycles. The first-order valence-electron chi connectivity index (χ1n) is 2.70. The molecular weight excluding hydrogens is 118 g/mol. The zero-order valence-electron chi connectivity index (χ0n) is 6.39. The van der Waals surface area contributed by atoms with Crippen LogP contribution in [0.1, 0.15) is 0 Å². The Hall–Kier alpha value is -0.410. The molecule has 9 heavy (non-hydrogen) atoms. The van der Waals surface area contributed by atoms with E-state index in [0.717, 1.165) is 13.2 Å². The molecule has 0 fully saturated rings. The zero-order chi connectivity index (χ0) is 7.70. The number of carbonyl (C=O) groups excluding carboxylic acids is 1. The number of methoxy groups -OCH3 is 1. The van der Waals surface area contributed by atoms with Gasteiger partial charge in [-0.25, -0.2) is 0 Å². The topological polar surface area (TPSA) is 29.5 Å². The maximum absolute atomic E-state index is 8.00. The Balaban J connectivity index is 0. The van der Waals surface area contributed by atoms with Crippen LogP contribution in [-0.2, 0) is 9.53 Å². The van der Waals surface area contributed by atoms with Crippen LogP contribution in [0.15, 0.2) is 0 Å². The molecule has 3 heteroatoms. The fourth-order valence-electron chi connectivity index (χ4n) is 0.274. The molecule has 0 rings (SSSR count). The molecule has 0 aromatic rings. The second-order valence-electron chi connectivity index (χ2n) is 1.80. The van der Waals surface area contributed by atoms with Crippen molar-refractivity contribution in [1.82, 2.24) is 4.90 Å². The van der Waals surface area contributed by atoms with E-state index >= 15 is 0 Å². The van der Waals surface area contributed by atoms with E-state index in [9.17, 15) is 0 Å². The Morgan fingerprint density at radius 3 is 2.00 bits per heavy atom. The monoisotopic (exact) mass is 133 g/mol. The highest BCUT2D eigenvalue weighted by Crippen LogP contribution is 1.71. The average molecular weight is 133 g/mol. The first-order chi connectivity index (χ1) is 4.27. The number of hydrogen-bond acceptors (Lipinski definition) is 3. The second kappa shape index (κ2) is 10.5. The van der Waals surface area contributed by atoms with E-state index in [1.54, 1.807) is 7.11 Å². The minimum absolute atomic E-state index is 0.826. The molecule has 0 aliphatic rings. The summed E-state index contributed by atoms with van der Waals surface area (Å²) in [6, 6.07) is 0. The van der Waals surface area contributed by atoms with Gasteiger partial charge in [0.1, 0.15) is 6.79 Å². The van der Waals surface area contributed by atoms with Crippen molar-refractivity contribution in [2.75, 3.05) is 34.4 Å². The van der Waals surface area contributed by atoms with E-state index in [2.05, 4.69) is 4.90 Å². The van der Waals surface area contributed by atoms with Gasteiger partial charge in [0.2, 0.25) is 0 Å². The summed E-state index contributed by atoms with van der Waals surface area (Å²) in [4.78, 5) is 10.1. The van der Waals surface area contributed by atoms with E-state index in [1.807, 2.05) is 20.9 Å². The normalized spacial score (nSPS) is 8.44. The molecule has 56 valence electrons. The van der Waals surface area contributed by atoms with E-state index < -0.39 is 0 Å². The minimum Gasteiger partial charge on any atom is -0.383 e. The smallest absolute Gasteiger partial charge is 0.106 e. The maximum atomic E-state index is 8.00. The van der Waals surface area contributed by atoms with Gasteiger partial charge in [-0.1, -0.05) is 0 Å². The second-order valence-corrected chi connectivity index (χ2v) is 1.80. The molecule has 3 nitrogen and oxygen atoms in total. The third kappa shape index (κ3) is 18.4. The summed E-state index contributed by atoms with van der Waals surface area (Å²) >= 11 is 0. The van der Waals surface area contributed by atoms with Gasteiger partial charge in [-0.05, 0) is 14.1 Å². The molecule has 0 spiro atoms. The molecule has 0 aliphatic carbocycles. The standard InChI is InChI=1S/C5H13NO.CH2O/c1-6(2)4-5-7-3;1-2/h4-5H2,1-3H3;1H2. The number of nitrogens with zero attached hydrogens (tertiary/aromatic N) is 1. The lowest BCUT2D eigenvalue weighted by Crippen LogP contribution is -2.16. The van der Waals surface area contributed by atoms with Crippen molar-refractivity contribution in [3.8, 4) is 0 Å². The summed E-state index contributed by atoms with van der Waals surface area (Å²) in [6.45, 7) is 3.84. The van der Waals surface area contributed by atoms with Crippen molar-refractivity contribution in [3.05, 3.63) is 0 Å². The van der Waals surface area contributed by atoms with Crippen molar-refractivity contribution in [2.45, 2.75) is 0 Å². The van der Waals surface area contributed by atoms with Gasteiger partial charge in [0.25, 0.3) is 0 Å². The van der Waals surface area contributed by atoms with Crippen LogP contribution in [0.4, 0.5) is 0 Å².